The van der Waals surface area contributed by atoms with Gasteiger partial charge in [-0.25, -0.2) is 0 Å². The minimum atomic E-state index is -3.01. The van der Waals surface area contributed by atoms with Crippen LogP contribution in [0, 0.1) is 0 Å². The molecule has 8 aromatic rings. The lowest BCUT2D eigenvalue weighted by atomic mass is 10.3. The first kappa shape index (κ1) is 33.0. The average Bonchev–Trinajstić information content (AvgIpc) is 3.22. The van der Waals surface area contributed by atoms with Crippen molar-refractivity contribution >= 4 is 76.5 Å². The molecule has 0 aliphatic heterocycles. The van der Waals surface area contributed by atoms with E-state index in [-0.39, 0.29) is 0 Å². The summed E-state index contributed by atoms with van der Waals surface area (Å²) in [6.45, 7) is 0. The molecule has 0 saturated carbocycles. The molecule has 51 heavy (non-hydrogen) atoms. The maximum Gasteiger partial charge on any atom is 0.180 e. The number of rotatable bonds is 10. The number of hydrogen-bond donors (Lipinski definition) is 0. The van der Waals surface area contributed by atoms with Crippen LogP contribution in [0.5, 0.6) is 0 Å². The highest BCUT2D eigenvalue weighted by molar-refractivity contribution is 7.81. The first-order chi connectivity index (χ1) is 25.4. The molecule has 0 atom stereocenters. The van der Waals surface area contributed by atoms with Gasteiger partial charge in [0.15, 0.2) is 8.07 Å². The van der Waals surface area contributed by atoms with Gasteiger partial charge in [-0.15, -0.1) is 0 Å². The van der Waals surface area contributed by atoms with Crippen LogP contribution in [0.1, 0.15) is 0 Å². The van der Waals surface area contributed by atoms with Crippen molar-refractivity contribution < 1.29 is 0 Å². The molecule has 0 bridgehead atoms. The predicted octanol–water partition coefficient (Wildman–Crippen LogP) is 6.58. The second-order valence-corrected chi connectivity index (χ2v) is 20.6. The Morgan fingerprint density at radius 1 is 0.235 bits per heavy atom. The Labute approximate surface area is 305 Å². The van der Waals surface area contributed by atoms with Crippen LogP contribution in [0.4, 0.5) is 0 Å². The van der Waals surface area contributed by atoms with Crippen LogP contribution < -0.4 is 52.6 Å². The second-order valence-electron chi connectivity index (χ2n) is 12.5. The monoisotopic (exact) mass is 704 g/mol. The van der Waals surface area contributed by atoms with Gasteiger partial charge in [0.25, 0.3) is 0 Å². The van der Waals surface area contributed by atoms with Gasteiger partial charge in [0.1, 0.15) is 0 Å². The molecule has 0 radical (unpaired) electrons. The summed E-state index contributed by atoms with van der Waals surface area (Å²) in [4.78, 5) is 0. The summed E-state index contributed by atoms with van der Waals surface area (Å²) in [5.74, 6) is 0. The van der Waals surface area contributed by atoms with E-state index >= 15 is 0 Å². The van der Waals surface area contributed by atoms with Gasteiger partial charge in [0.2, 0.25) is 0 Å². The molecule has 0 saturated heterocycles. The third-order valence-electron chi connectivity index (χ3n) is 9.57. The van der Waals surface area contributed by atoms with E-state index in [1.54, 1.807) is 0 Å². The van der Waals surface area contributed by atoms with Crippen LogP contribution >= 0.6 is 15.8 Å². The largest absolute Gasteiger partial charge is 0.180 e. The van der Waals surface area contributed by atoms with Gasteiger partial charge in [-0.3, -0.25) is 0 Å². The molecule has 8 aromatic carbocycles. The first-order valence-corrected chi connectivity index (χ1v) is 22.1. The van der Waals surface area contributed by atoms with E-state index in [9.17, 15) is 0 Å². The van der Waals surface area contributed by atoms with Crippen molar-refractivity contribution in [2.75, 3.05) is 0 Å². The van der Waals surface area contributed by atoms with E-state index in [1.807, 2.05) is 0 Å². The van der Waals surface area contributed by atoms with E-state index < -0.39 is 23.9 Å². The molecule has 244 valence electrons. The van der Waals surface area contributed by atoms with Crippen molar-refractivity contribution in [3.05, 3.63) is 231 Å². The van der Waals surface area contributed by atoms with Crippen LogP contribution in [0.2, 0.25) is 0 Å². The molecule has 0 N–H and O–H groups in total. The lowest BCUT2D eigenvalue weighted by Gasteiger charge is -2.39. The number of hydrogen-bond acceptors (Lipinski definition) is 0. The van der Waals surface area contributed by atoms with Crippen molar-refractivity contribution in [2.45, 2.75) is 0 Å². The molecule has 0 spiro atoms. The van der Waals surface area contributed by atoms with E-state index in [0.717, 1.165) is 0 Å². The second kappa shape index (κ2) is 15.4. The van der Waals surface area contributed by atoms with Gasteiger partial charge in [0, 0.05) is 0 Å². The molecule has 0 aliphatic carbocycles. The van der Waals surface area contributed by atoms with Crippen LogP contribution in [0.15, 0.2) is 231 Å². The van der Waals surface area contributed by atoms with Crippen LogP contribution in [0.3, 0.4) is 0 Å². The third kappa shape index (κ3) is 6.46. The Bertz CT molecular complexity index is 2050. The highest BCUT2D eigenvalue weighted by atomic mass is 31.1. The number of benzene rings is 8. The average molecular weight is 705 g/mol. The van der Waals surface area contributed by atoms with Gasteiger partial charge < -0.3 is 0 Å². The normalized spacial score (nSPS) is 11.5. The summed E-state index contributed by atoms with van der Waals surface area (Å²) in [5, 5.41) is 14.0. The van der Waals surface area contributed by atoms with Gasteiger partial charge in [-0.1, -0.05) is 231 Å². The summed E-state index contributed by atoms with van der Waals surface area (Å²) >= 11 is 0. The van der Waals surface area contributed by atoms with Crippen molar-refractivity contribution in [3.8, 4) is 0 Å². The van der Waals surface area contributed by atoms with Crippen molar-refractivity contribution in [1.29, 1.82) is 0 Å². The maximum atomic E-state index is 2.47. The Balaban J connectivity index is 1.52. The van der Waals surface area contributed by atoms with Gasteiger partial charge in [-0.05, 0) is 68.4 Å². The van der Waals surface area contributed by atoms with Crippen molar-refractivity contribution in [2.24, 2.45) is 0 Å². The minimum Gasteiger partial charge on any atom is -0.0623 e. The maximum absolute atomic E-state index is 3.01. The fraction of sp³-hybridized carbons (Fsp3) is 0. The van der Waals surface area contributed by atoms with Gasteiger partial charge >= 0.3 is 0 Å². The smallest absolute Gasteiger partial charge is 0.0623 e. The molecular weight excluding hydrogens is 667 g/mol. The topological polar surface area (TPSA) is 0 Å². The lowest BCUT2D eigenvalue weighted by molar-refractivity contribution is 1.68. The molecule has 0 aliphatic rings. The molecule has 3 heteroatoms. The van der Waals surface area contributed by atoms with Gasteiger partial charge in [-0.2, -0.15) is 0 Å². The minimum absolute atomic E-state index is 0.875. The van der Waals surface area contributed by atoms with Crippen LogP contribution in [-0.4, -0.2) is 8.07 Å². The predicted molar refractivity (Wildman–Crippen MR) is 227 cm³/mol. The third-order valence-corrected chi connectivity index (χ3v) is 19.9. The molecule has 0 heterocycles. The Hall–Kier alpha value is -5.16. The summed E-state index contributed by atoms with van der Waals surface area (Å²) in [5.41, 5.74) is 0. The quantitative estimate of drug-likeness (QED) is 0.0858. The van der Waals surface area contributed by atoms with E-state index in [0.29, 0.717) is 0 Å². The first-order valence-electron chi connectivity index (χ1n) is 17.5. The van der Waals surface area contributed by atoms with E-state index in [2.05, 4.69) is 231 Å². The van der Waals surface area contributed by atoms with Gasteiger partial charge in [0.05, 0.1) is 0 Å². The lowest BCUT2D eigenvalue weighted by Crippen LogP contribution is -2.79. The fourth-order valence-corrected chi connectivity index (χ4v) is 18.7. The molecule has 0 amide bonds. The highest BCUT2D eigenvalue weighted by Crippen LogP contribution is 2.35. The zero-order valence-electron chi connectivity index (χ0n) is 28.3. The molecule has 0 unspecified atom stereocenters. The Kier molecular flexibility index (Phi) is 9.96. The summed E-state index contributed by atoms with van der Waals surface area (Å²) in [7, 11) is -4.76. The van der Waals surface area contributed by atoms with E-state index in [1.165, 1.54) is 52.6 Å². The van der Waals surface area contributed by atoms with Crippen LogP contribution in [0.25, 0.3) is 0 Å². The van der Waals surface area contributed by atoms with Crippen molar-refractivity contribution in [3.63, 3.8) is 0 Å². The molecule has 0 nitrogen and oxygen atoms in total. The Morgan fingerprint density at radius 3 is 0.765 bits per heavy atom. The van der Waals surface area contributed by atoms with Crippen LogP contribution in [-0.2, 0) is 0 Å². The molecule has 0 fully saturated rings. The van der Waals surface area contributed by atoms with Crippen molar-refractivity contribution in [1.82, 2.24) is 0 Å². The molecular formula is C48H38P2Si. The fourth-order valence-electron chi connectivity index (χ4n) is 7.44. The standard InChI is InChI=1S/C48H38P2Si/c1-7-23-39(24-8-1)49(40-25-9-2-10-26-40)45-35-19-21-37-47(45)51(43-31-15-5-16-32-43,44-33-17-6-18-34-44)48-38-22-20-36-46(48)50(41-27-11-3-12-28-41)42-29-13-4-14-30-42/h1-38H. The van der Waals surface area contributed by atoms with E-state index in [4.69, 9.17) is 0 Å². The Morgan fingerprint density at radius 2 is 0.471 bits per heavy atom. The summed E-state index contributed by atoms with van der Waals surface area (Å²) < 4.78 is 0. The highest BCUT2D eigenvalue weighted by Gasteiger charge is 2.46. The zero-order valence-corrected chi connectivity index (χ0v) is 31.1. The summed E-state index contributed by atoms with van der Waals surface area (Å²) in [6, 6.07) is 86.3. The SMILES string of the molecule is c1ccc(P(c2ccccc2)c2ccccc2[Si](c2ccccc2)(c2ccccc2)c2ccccc2P(c2ccccc2)c2ccccc2)cc1. The zero-order chi connectivity index (χ0) is 34.3. The molecule has 8 rings (SSSR count). The summed E-state index contributed by atoms with van der Waals surface area (Å²) in [6.07, 6.45) is 0. The molecule has 0 aromatic heterocycles.